The van der Waals surface area contributed by atoms with E-state index in [0.29, 0.717) is 36.0 Å². The van der Waals surface area contributed by atoms with E-state index in [0.717, 1.165) is 18.2 Å². The fraction of sp³-hybridized carbons (Fsp3) is 0.364. The van der Waals surface area contributed by atoms with E-state index in [1.165, 1.54) is 24.3 Å². The third-order valence-corrected chi connectivity index (χ3v) is 8.81. The van der Waals surface area contributed by atoms with Crippen molar-refractivity contribution in [3.05, 3.63) is 76.4 Å². The fourth-order valence-corrected chi connectivity index (χ4v) is 6.68. The highest BCUT2D eigenvalue weighted by atomic mass is 35.5. The summed E-state index contributed by atoms with van der Waals surface area (Å²) in [6, 6.07) is 8.75. The van der Waals surface area contributed by atoms with Crippen molar-refractivity contribution in [2.75, 3.05) is 0 Å². The van der Waals surface area contributed by atoms with E-state index in [-0.39, 0.29) is 29.2 Å². The Balaban J connectivity index is 1.73. The number of halogens is 3. The predicted molar refractivity (Wildman–Crippen MR) is 111 cm³/mol. The second-order valence-electron chi connectivity index (χ2n) is 7.96. The highest BCUT2D eigenvalue weighted by Crippen LogP contribution is 2.49. The van der Waals surface area contributed by atoms with Gasteiger partial charge in [0, 0.05) is 17.0 Å². The van der Waals surface area contributed by atoms with Gasteiger partial charge in [0.1, 0.15) is 16.4 Å². The molecule has 5 nitrogen and oxygen atoms in total. The molecule has 0 amide bonds. The molecule has 2 aromatic carbocycles. The normalized spacial score (nSPS) is 21.9. The topological polar surface area (TPSA) is 73.1 Å². The summed E-state index contributed by atoms with van der Waals surface area (Å²) in [5.41, 5.74) is -0.130. The van der Waals surface area contributed by atoms with Crippen molar-refractivity contribution in [2.24, 2.45) is 5.92 Å². The van der Waals surface area contributed by atoms with Gasteiger partial charge >= 0.3 is 0 Å². The van der Waals surface area contributed by atoms with Gasteiger partial charge in [-0.3, -0.25) is 0 Å². The lowest BCUT2D eigenvalue weighted by Crippen LogP contribution is -2.41. The number of rotatable bonds is 5. The molecule has 3 aromatic rings. The quantitative estimate of drug-likeness (QED) is 0.502. The molecule has 0 radical (unpaired) electrons. The molecule has 1 aliphatic carbocycles. The summed E-state index contributed by atoms with van der Waals surface area (Å²) in [7, 11) is -4.04. The first kappa shape index (κ1) is 21.9. The Kier molecular flexibility index (Phi) is 5.87. The zero-order valence-corrected chi connectivity index (χ0v) is 18.4. The second-order valence-corrected chi connectivity index (χ2v) is 10.7. The molecular formula is C22H21ClF2N2O3S. The van der Waals surface area contributed by atoms with E-state index in [9.17, 15) is 17.2 Å². The number of benzene rings is 2. The summed E-state index contributed by atoms with van der Waals surface area (Å²) < 4.78 is 60.1. The van der Waals surface area contributed by atoms with Gasteiger partial charge in [-0.1, -0.05) is 16.8 Å². The first-order valence-electron chi connectivity index (χ1n) is 9.96. The lowest BCUT2D eigenvalue weighted by Gasteiger charge is -2.40. The molecule has 1 fully saturated rings. The maximum Gasteiger partial charge on any atom is 0.226 e. The van der Waals surface area contributed by atoms with E-state index in [2.05, 4.69) is 10.1 Å². The average molecular weight is 467 g/mol. The summed E-state index contributed by atoms with van der Waals surface area (Å²) in [5, 5.41) is 4.17. The molecule has 31 heavy (non-hydrogen) atoms. The van der Waals surface area contributed by atoms with Crippen molar-refractivity contribution >= 4 is 21.4 Å². The zero-order chi connectivity index (χ0) is 22.2. The van der Waals surface area contributed by atoms with Crippen LogP contribution in [0.5, 0.6) is 0 Å². The van der Waals surface area contributed by atoms with Crippen LogP contribution in [0.25, 0.3) is 0 Å². The molecule has 164 valence electrons. The van der Waals surface area contributed by atoms with Gasteiger partial charge in [0.25, 0.3) is 0 Å². The maximum absolute atomic E-state index is 14.9. The van der Waals surface area contributed by atoms with Crippen LogP contribution in [0.4, 0.5) is 8.78 Å². The third-order valence-electron chi connectivity index (χ3n) is 6.00. The van der Waals surface area contributed by atoms with Gasteiger partial charge in [-0.25, -0.2) is 17.2 Å². The predicted octanol–water partition coefficient (Wildman–Crippen LogP) is 5.41. The maximum atomic E-state index is 14.9. The van der Waals surface area contributed by atoms with Gasteiger partial charge in [-0.05, 0) is 81.0 Å². The molecule has 1 aliphatic rings. The van der Waals surface area contributed by atoms with Crippen LogP contribution in [0.1, 0.15) is 43.0 Å². The molecule has 0 bridgehead atoms. The van der Waals surface area contributed by atoms with E-state index in [1.54, 1.807) is 6.92 Å². The number of aromatic nitrogens is 2. The fourth-order valence-electron chi connectivity index (χ4n) is 4.39. The largest absolute Gasteiger partial charge is 0.339 e. The highest BCUT2D eigenvalue weighted by molar-refractivity contribution is 7.92. The summed E-state index contributed by atoms with van der Waals surface area (Å²) in [6.45, 7) is 1.73. The Morgan fingerprint density at radius 2 is 1.81 bits per heavy atom. The SMILES string of the molecule is Cc1noc(CC2CCC(c3cc(F)ccc3F)(S(=O)(=O)c3ccc(Cl)cc3)CC2)n1. The molecular weight excluding hydrogens is 446 g/mol. The molecule has 1 saturated carbocycles. The summed E-state index contributed by atoms with van der Waals surface area (Å²) in [6.07, 6.45) is 1.80. The van der Waals surface area contributed by atoms with Gasteiger partial charge < -0.3 is 4.52 Å². The Labute approximate surface area is 184 Å². The summed E-state index contributed by atoms with van der Waals surface area (Å²) >= 11 is 5.92. The van der Waals surface area contributed by atoms with Gasteiger partial charge in [-0.2, -0.15) is 4.98 Å². The minimum absolute atomic E-state index is 0.0338. The lowest BCUT2D eigenvalue weighted by molar-refractivity contribution is 0.262. The van der Waals surface area contributed by atoms with Gasteiger partial charge in [-0.15, -0.1) is 0 Å². The molecule has 0 aliphatic heterocycles. The summed E-state index contributed by atoms with van der Waals surface area (Å²) in [5.74, 6) is -0.278. The van der Waals surface area contributed by atoms with Gasteiger partial charge in [0.2, 0.25) is 5.89 Å². The summed E-state index contributed by atoms with van der Waals surface area (Å²) in [4.78, 5) is 4.25. The van der Waals surface area contributed by atoms with Crippen LogP contribution >= 0.6 is 11.6 Å². The van der Waals surface area contributed by atoms with Crippen LogP contribution in [0.15, 0.2) is 51.9 Å². The Bertz CT molecular complexity index is 1190. The number of hydrogen-bond acceptors (Lipinski definition) is 5. The van der Waals surface area contributed by atoms with Crippen molar-refractivity contribution in [3.63, 3.8) is 0 Å². The molecule has 4 rings (SSSR count). The zero-order valence-electron chi connectivity index (χ0n) is 16.8. The molecule has 0 N–H and O–H groups in total. The first-order valence-corrected chi connectivity index (χ1v) is 11.8. The average Bonchev–Trinajstić information content (AvgIpc) is 3.15. The van der Waals surface area contributed by atoms with Crippen LogP contribution in [0.3, 0.4) is 0 Å². The monoisotopic (exact) mass is 466 g/mol. The second kappa shape index (κ2) is 8.31. The Morgan fingerprint density at radius 3 is 2.42 bits per heavy atom. The number of aryl methyl sites for hydroxylation is 1. The molecule has 1 heterocycles. The van der Waals surface area contributed by atoms with Crippen molar-refractivity contribution in [3.8, 4) is 0 Å². The molecule has 0 atom stereocenters. The smallest absolute Gasteiger partial charge is 0.226 e. The Morgan fingerprint density at radius 1 is 1.13 bits per heavy atom. The molecule has 0 saturated heterocycles. The van der Waals surface area contributed by atoms with E-state index >= 15 is 0 Å². The number of sulfone groups is 1. The first-order chi connectivity index (χ1) is 14.7. The Hall–Kier alpha value is -2.32. The number of hydrogen-bond donors (Lipinski definition) is 0. The standard InChI is InChI=1S/C22H21ClF2N2O3S/c1-14-26-21(30-27-14)12-15-8-10-22(11-9-15,19-13-17(24)4-7-20(19)25)31(28,29)18-5-2-16(23)3-6-18/h2-7,13,15H,8-12H2,1H3. The van der Waals surface area contributed by atoms with Crippen molar-refractivity contribution in [1.82, 2.24) is 10.1 Å². The molecule has 9 heteroatoms. The van der Waals surface area contributed by atoms with Crippen LogP contribution in [-0.4, -0.2) is 18.6 Å². The van der Waals surface area contributed by atoms with Crippen LogP contribution in [-0.2, 0) is 21.0 Å². The van der Waals surface area contributed by atoms with Crippen LogP contribution in [0.2, 0.25) is 5.02 Å². The molecule has 0 unspecified atom stereocenters. The lowest BCUT2D eigenvalue weighted by atomic mass is 9.76. The van der Waals surface area contributed by atoms with E-state index < -0.39 is 26.2 Å². The van der Waals surface area contributed by atoms with Crippen molar-refractivity contribution in [1.29, 1.82) is 0 Å². The van der Waals surface area contributed by atoms with Gasteiger partial charge in [0.05, 0.1) is 4.90 Å². The number of nitrogens with zero attached hydrogens (tertiary/aromatic N) is 2. The molecule has 1 aromatic heterocycles. The van der Waals surface area contributed by atoms with Gasteiger partial charge in [0.15, 0.2) is 15.7 Å². The van der Waals surface area contributed by atoms with E-state index in [1.807, 2.05) is 0 Å². The highest BCUT2D eigenvalue weighted by Gasteiger charge is 2.50. The molecule has 0 spiro atoms. The minimum Gasteiger partial charge on any atom is -0.339 e. The van der Waals surface area contributed by atoms with Crippen LogP contribution < -0.4 is 0 Å². The van der Waals surface area contributed by atoms with Crippen molar-refractivity contribution in [2.45, 2.75) is 48.7 Å². The van der Waals surface area contributed by atoms with Crippen LogP contribution in [0, 0.1) is 24.5 Å². The van der Waals surface area contributed by atoms with E-state index in [4.69, 9.17) is 16.1 Å². The minimum atomic E-state index is -4.04. The van der Waals surface area contributed by atoms with Crippen molar-refractivity contribution < 1.29 is 21.7 Å². The third kappa shape index (κ3) is 4.11.